The van der Waals surface area contributed by atoms with Gasteiger partial charge in [-0.3, -0.25) is 0 Å². The van der Waals surface area contributed by atoms with E-state index in [0.29, 0.717) is 22.3 Å². The number of nitrogens with two attached hydrogens (primary N) is 1. The number of fused-ring (bicyclic) bond motifs is 1. The molecule has 0 aliphatic rings. The first-order chi connectivity index (χ1) is 10.6. The highest BCUT2D eigenvalue weighted by atomic mass is 19.1. The van der Waals surface area contributed by atoms with E-state index >= 15 is 0 Å². The van der Waals surface area contributed by atoms with Gasteiger partial charge >= 0.3 is 0 Å². The van der Waals surface area contributed by atoms with Crippen molar-refractivity contribution in [2.24, 2.45) is 0 Å². The van der Waals surface area contributed by atoms with Crippen molar-refractivity contribution >= 4 is 16.7 Å². The molecule has 0 aliphatic carbocycles. The van der Waals surface area contributed by atoms with E-state index in [1.54, 1.807) is 30.3 Å². The molecule has 2 N–H and O–H groups in total. The SMILES string of the molecule is COc1cccc(F)c1Cc1cc2cccc(F)c2nc1N. The predicted molar refractivity (Wildman–Crippen MR) is 81.9 cm³/mol. The fourth-order valence-corrected chi connectivity index (χ4v) is 2.45. The van der Waals surface area contributed by atoms with Crippen LogP contribution in [0.3, 0.4) is 0 Å². The predicted octanol–water partition coefficient (Wildman–Crippen LogP) is 3.69. The number of halogens is 2. The molecule has 0 saturated carbocycles. The van der Waals surface area contributed by atoms with Crippen LogP contribution in [-0.2, 0) is 6.42 Å². The number of ether oxygens (including phenoxy) is 1. The van der Waals surface area contributed by atoms with E-state index < -0.39 is 5.82 Å². The number of benzene rings is 2. The standard InChI is InChI=1S/C17H14F2N2O/c1-22-15-7-3-5-13(18)12(15)9-11-8-10-4-2-6-14(19)16(10)21-17(11)20/h2-8H,9H2,1H3,(H2,20,21). The summed E-state index contributed by atoms with van der Waals surface area (Å²) in [5.74, 6) is -0.182. The lowest BCUT2D eigenvalue weighted by Crippen LogP contribution is -2.03. The molecule has 2 aromatic carbocycles. The molecule has 3 rings (SSSR count). The Labute approximate surface area is 126 Å². The molecule has 3 aromatic rings. The van der Waals surface area contributed by atoms with E-state index in [1.165, 1.54) is 19.2 Å². The zero-order valence-electron chi connectivity index (χ0n) is 11.9. The second-order valence-electron chi connectivity index (χ2n) is 4.94. The van der Waals surface area contributed by atoms with Gasteiger partial charge in [-0.1, -0.05) is 18.2 Å². The van der Waals surface area contributed by atoms with Crippen LogP contribution in [0.25, 0.3) is 10.9 Å². The minimum Gasteiger partial charge on any atom is -0.496 e. The third-order valence-electron chi connectivity index (χ3n) is 3.57. The van der Waals surface area contributed by atoms with Crippen LogP contribution in [0.2, 0.25) is 0 Å². The molecule has 0 unspecified atom stereocenters. The van der Waals surface area contributed by atoms with Crippen LogP contribution < -0.4 is 10.5 Å². The van der Waals surface area contributed by atoms with Crippen LogP contribution >= 0.6 is 0 Å². The van der Waals surface area contributed by atoms with Gasteiger partial charge in [0.05, 0.1) is 7.11 Å². The maximum Gasteiger partial charge on any atom is 0.149 e. The molecule has 0 atom stereocenters. The minimum atomic E-state index is -0.431. The highest BCUT2D eigenvalue weighted by molar-refractivity contribution is 5.82. The van der Waals surface area contributed by atoms with Crippen molar-refractivity contribution in [2.45, 2.75) is 6.42 Å². The fraction of sp³-hybridized carbons (Fsp3) is 0.118. The van der Waals surface area contributed by atoms with Crippen LogP contribution in [0.5, 0.6) is 5.75 Å². The first-order valence-electron chi connectivity index (χ1n) is 6.75. The highest BCUT2D eigenvalue weighted by Crippen LogP contribution is 2.28. The number of hydrogen-bond acceptors (Lipinski definition) is 3. The molecule has 0 saturated heterocycles. The summed E-state index contributed by atoms with van der Waals surface area (Å²) in [7, 11) is 1.48. The summed E-state index contributed by atoms with van der Waals surface area (Å²) in [6.07, 6.45) is 0.223. The first kappa shape index (κ1) is 14.3. The van der Waals surface area contributed by atoms with Crippen molar-refractivity contribution in [1.29, 1.82) is 0 Å². The average molecular weight is 300 g/mol. The number of nitrogen functional groups attached to an aromatic ring is 1. The van der Waals surface area contributed by atoms with Crippen molar-refractivity contribution in [1.82, 2.24) is 4.98 Å². The topological polar surface area (TPSA) is 48.1 Å². The Bertz CT molecular complexity index is 849. The molecule has 0 amide bonds. The summed E-state index contributed by atoms with van der Waals surface area (Å²) >= 11 is 0. The van der Waals surface area contributed by atoms with Gasteiger partial charge < -0.3 is 10.5 Å². The van der Waals surface area contributed by atoms with Crippen LogP contribution in [0.1, 0.15) is 11.1 Å². The average Bonchev–Trinajstić information content (AvgIpc) is 2.51. The number of para-hydroxylation sites is 1. The Kier molecular flexibility index (Phi) is 3.63. The third-order valence-corrected chi connectivity index (χ3v) is 3.57. The Hall–Kier alpha value is -2.69. The summed E-state index contributed by atoms with van der Waals surface area (Å²) < 4.78 is 32.9. The number of hydrogen-bond donors (Lipinski definition) is 1. The largest absolute Gasteiger partial charge is 0.496 e. The summed E-state index contributed by atoms with van der Waals surface area (Å²) in [5, 5.41) is 0.625. The van der Waals surface area contributed by atoms with Gasteiger partial charge in [0.1, 0.15) is 28.7 Å². The van der Waals surface area contributed by atoms with E-state index in [0.717, 1.165) is 0 Å². The summed E-state index contributed by atoms with van der Waals surface area (Å²) in [4.78, 5) is 4.10. The number of rotatable bonds is 3. The quantitative estimate of drug-likeness (QED) is 0.802. The van der Waals surface area contributed by atoms with Crippen molar-refractivity contribution in [3.8, 4) is 5.75 Å². The molecule has 1 aromatic heterocycles. The van der Waals surface area contributed by atoms with Crippen LogP contribution in [0.4, 0.5) is 14.6 Å². The van der Waals surface area contributed by atoms with Crippen LogP contribution in [-0.4, -0.2) is 12.1 Å². The number of methoxy groups -OCH3 is 1. The van der Waals surface area contributed by atoms with Crippen LogP contribution in [0, 0.1) is 11.6 Å². The van der Waals surface area contributed by atoms with E-state index in [1.807, 2.05) is 0 Å². The lowest BCUT2D eigenvalue weighted by atomic mass is 10.0. The van der Waals surface area contributed by atoms with Gasteiger partial charge in [-0.2, -0.15) is 0 Å². The first-order valence-corrected chi connectivity index (χ1v) is 6.75. The number of nitrogens with zero attached hydrogens (tertiary/aromatic N) is 1. The summed E-state index contributed by atoms with van der Waals surface area (Å²) in [6.45, 7) is 0. The Morgan fingerprint density at radius 1 is 1.09 bits per heavy atom. The molecule has 1 heterocycles. The van der Waals surface area contributed by atoms with E-state index in [-0.39, 0.29) is 23.6 Å². The molecule has 0 aliphatic heterocycles. The van der Waals surface area contributed by atoms with Crippen LogP contribution in [0.15, 0.2) is 42.5 Å². The smallest absolute Gasteiger partial charge is 0.149 e. The number of aromatic nitrogens is 1. The zero-order chi connectivity index (χ0) is 15.7. The summed E-state index contributed by atoms with van der Waals surface area (Å²) in [6, 6.07) is 11.0. The molecular weight excluding hydrogens is 286 g/mol. The maximum atomic E-state index is 14.0. The number of anilines is 1. The van der Waals surface area contributed by atoms with Gasteiger partial charge in [0, 0.05) is 17.4 Å². The van der Waals surface area contributed by atoms with Crippen molar-refractivity contribution in [3.63, 3.8) is 0 Å². The monoisotopic (exact) mass is 300 g/mol. The lowest BCUT2D eigenvalue weighted by molar-refractivity contribution is 0.405. The fourth-order valence-electron chi connectivity index (χ4n) is 2.45. The zero-order valence-corrected chi connectivity index (χ0v) is 11.9. The molecule has 112 valence electrons. The maximum absolute atomic E-state index is 14.0. The second kappa shape index (κ2) is 5.60. The van der Waals surface area contributed by atoms with E-state index in [4.69, 9.17) is 10.5 Å². The highest BCUT2D eigenvalue weighted by Gasteiger charge is 2.14. The Morgan fingerprint density at radius 3 is 2.59 bits per heavy atom. The minimum absolute atomic E-state index is 0.183. The third kappa shape index (κ3) is 2.45. The summed E-state index contributed by atoms with van der Waals surface area (Å²) in [5.41, 5.74) is 7.14. The molecule has 22 heavy (non-hydrogen) atoms. The normalized spacial score (nSPS) is 10.9. The molecule has 0 radical (unpaired) electrons. The van der Waals surface area contributed by atoms with E-state index in [2.05, 4.69) is 4.98 Å². The van der Waals surface area contributed by atoms with Gasteiger partial charge in [0.2, 0.25) is 0 Å². The second-order valence-corrected chi connectivity index (χ2v) is 4.94. The Morgan fingerprint density at radius 2 is 1.82 bits per heavy atom. The molecule has 5 heteroatoms. The number of pyridine rings is 1. The van der Waals surface area contributed by atoms with Gasteiger partial charge in [-0.25, -0.2) is 13.8 Å². The lowest BCUT2D eigenvalue weighted by Gasteiger charge is -2.12. The van der Waals surface area contributed by atoms with Crippen molar-refractivity contribution in [3.05, 3.63) is 65.2 Å². The van der Waals surface area contributed by atoms with Gasteiger partial charge in [-0.15, -0.1) is 0 Å². The van der Waals surface area contributed by atoms with E-state index in [9.17, 15) is 8.78 Å². The Balaban J connectivity index is 2.10. The van der Waals surface area contributed by atoms with Gasteiger partial charge in [0.15, 0.2) is 0 Å². The molecular formula is C17H14F2N2O. The molecule has 0 fully saturated rings. The van der Waals surface area contributed by atoms with Gasteiger partial charge in [0.25, 0.3) is 0 Å². The molecule has 0 spiro atoms. The molecule has 3 nitrogen and oxygen atoms in total. The molecule has 0 bridgehead atoms. The van der Waals surface area contributed by atoms with Gasteiger partial charge in [-0.05, 0) is 29.8 Å². The van der Waals surface area contributed by atoms with Crippen molar-refractivity contribution in [2.75, 3.05) is 12.8 Å². The van der Waals surface area contributed by atoms with Crippen molar-refractivity contribution < 1.29 is 13.5 Å².